The van der Waals surface area contributed by atoms with Gasteiger partial charge in [0.05, 0.1) is 23.8 Å². The highest BCUT2D eigenvalue weighted by Gasteiger charge is 2.24. The van der Waals surface area contributed by atoms with Crippen LogP contribution in [-0.4, -0.2) is 32.9 Å². The number of hydrogen-bond donors (Lipinski definition) is 3. The summed E-state index contributed by atoms with van der Waals surface area (Å²) in [6.45, 7) is 0.956. The van der Waals surface area contributed by atoms with Crippen LogP contribution in [0.5, 0.6) is 0 Å². The Morgan fingerprint density at radius 1 is 1.17 bits per heavy atom. The minimum Gasteiger partial charge on any atom is -0.348 e. The summed E-state index contributed by atoms with van der Waals surface area (Å²) in [6.07, 6.45) is 16.4. The molecule has 0 unspecified atom stereocenters. The number of imidazole rings is 1. The fraction of sp³-hybridized carbons (Fsp3) is 0.286. The molecule has 1 aliphatic carbocycles. The van der Waals surface area contributed by atoms with Gasteiger partial charge < -0.3 is 20.2 Å². The van der Waals surface area contributed by atoms with Gasteiger partial charge in [0, 0.05) is 30.5 Å². The van der Waals surface area contributed by atoms with Gasteiger partial charge in [-0.25, -0.2) is 4.98 Å². The minimum atomic E-state index is -0.377. The van der Waals surface area contributed by atoms with Crippen molar-refractivity contribution in [1.29, 1.82) is 0 Å². The van der Waals surface area contributed by atoms with Crippen molar-refractivity contribution < 1.29 is 9.59 Å². The van der Waals surface area contributed by atoms with Crippen LogP contribution in [0.4, 0.5) is 5.69 Å². The topological polar surface area (TPSA) is 109 Å². The highest BCUT2D eigenvalue weighted by Crippen LogP contribution is 2.33. The van der Waals surface area contributed by atoms with Crippen molar-refractivity contribution in [2.45, 2.75) is 38.6 Å². The molecule has 0 spiro atoms. The second-order valence-electron chi connectivity index (χ2n) is 9.32. The molecule has 8 nitrogen and oxygen atoms in total. The number of anilines is 1. The van der Waals surface area contributed by atoms with Crippen molar-refractivity contribution in [3.8, 4) is 0 Å². The molecular weight excluding hydrogens is 454 g/mol. The van der Waals surface area contributed by atoms with Gasteiger partial charge in [0.25, 0.3) is 17.4 Å². The van der Waals surface area contributed by atoms with Crippen LogP contribution in [0.25, 0.3) is 17.7 Å². The molecule has 1 saturated carbocycles. The maximum Gasteiger partial charge on any atom is 0.263 e. The number of nitrogens with zero attached hydrogens (tertiary/aromatic N) is 2. The highest BCUT2D eigenvalue weighted by atomic mass is 16.2. The van der Waals surface area contributed by atoms with E-state index in [0.717, 1.165) is 35.3 Å². The molecule has 184 valence electrons. The van der Waals surface area contributed by atoms with E-state index in [2.05, 4.69) is 20.6 Å². The van der Waals surface area contributed by atoms with Crippen molar-refractivity contribution in [2.24, 2.45) is 5.92 Å². The van der Waals surface area contributed by atoms with Gasteiger partial charge in [0.15, 0.2) is 0 Å². The summed E-state index contributed by atoms with van der Waals surface area (Å²) in [4.78, 5) is 44.8. The normalized spacial score (nSPS) is 16.9. The number of nitrogens with one attached hydrogen (secondary N) is 3. The van der Waals surface area contributed by atoms with Crippen molar-refractivity contribution in [1.82, 2.24) is 19.9 Å². The van der Waals surface area contributed by atoms with E-state index < -0.39 is 0 Å². The lowest BCUT2D eigenvalue weighted by atomic mass is 9.89. The number of hydrogen-bond acceptors (Lipinski definition) is 4. The molecule has 0 atom stereocenters. The van der Waals surface area contributed by atoms with Gasteiger partial charge in [0.2, 0.25) is 0 Å². The Bertz CT molecular complexity index is 1380. The zero-order valence-corrected chi connectivity index (χ0v) is 20.0. The third-order valence-electron chi connectivity index (χ3n) is 6.78. The van der Waals surface area contributed by atoms with E-state index in [4.69, 9.17) is 0 Å². The third kappa shape index (κ3) is 5.22. The van der Waals surface area contributed by atoms with E-state index in [1.165, 1.54) is 19.3 Å². The average Bonchev–Trinajstić information content (AvgIpc) is 3.51. The molecule has 5 rings (SSSR count). The maximum atomic E-state index is 12.8. The van der Waals surface area contributed by atoms with E-state index in [1.54, 1.807) is 41.5 Å². The Kier molecular flexibility index (Phi) is 6.93. The Morgan fingerprint density at radius 2 is 2.03 bits per heavy atom. The van der Waals surface area contributed by atoms with Crippen LogP contribution in [0.3, 0.4) is 0 Å². The number of rotatable bonds is 7. The second kappa shape index (κ2) is 10.6. The zero-order valence-electron chi connectivity index (χ0n) is 20.0. The van der Waals surface area contributed by atoms with Gasteiger partial charge >= 0.3 is 0 Å². The number of benzene rings is 1. The second-order valence-corrected chi connectivity index (χ2v) is 9.32. The molecule has 1 aromatic carbocycles. The zero-order chi connectivity index (χ0) is 24.9. The number of aromatic nitrogens is 3. The van der Waals surface area contributed by atoms with Crippen LogP contribution in [0.2, 0.25) is 0 Å². The van der Waals surface area contributed by atoms with Crippen LogP contribution < -0.4 is 16.2 Å². The van der Waals surface area contributed by atoms with Gasteiger partial charge in [-0.1, -0.05) is 43.5 Å². The number of carbonyl (C=O) groups excluding carboxylic acids is 2. The molecule has 3 heterocycles. The highest BCUT2D eigenvalue weighted by molar-refractivity contribution is 6.34. The number of fused-ring (bicyclic) bond motifs is 1. The van der Waals surface area contributed by atoms with Crippen molar-refractivity contribution in [3.05, 3.63) is 87.9 Å². The largest absolute Gasteiger partial charge is 0.348 e. The summed E-state index contributed by atoms with van der Waals surface area (Å²) in [5.74, 6) is -0.0331. The van der Waals surface area contributed by atoms with Crippen molar-refractivity contribution >= 4 is 35.2 Å². The van der Waals surface area contributed by atoms with Crippen LogP contribution in [-0.2, 0) is 11.3 Å². The Labute approximate surface area is 209 Å². The molecule has 36 heavy (non-hydrogen) atoms. The molecule has 2 amide bonds. The molecule has 3 N–H and O–H groups in total. The first-order valence-electron chi connectivity index (χ1n) is 12.4. The van der Waals surface area contributed by atoms with Gasteiger partial charge in [-0.05, 0) is 48.6 Å². The van der Waals surface area contributed by atoms with Crippen LogP contribution >= 0.6 is 0 Å². The molecule has 2 aromatic heterocycles. The van der Waals surface area contributed by atoms with E-state index in [1.807, 2.05) is 30.4 Å². The smallest absolute Gasteiger partial charge is 0.263 e. The summed E-state index contributed by atoms with van der Waals surface area (Å²) in [6, 6.07) is 9.05. The molecule has 0 radical (unpaired) electrons. The summed E-state index contributed by atoms with van der Waals surface area (Å²) in [7, 11) is 0. The van der Waals surface area contributed by atoms with E-state index >= 15 is 0 Å². The first-order chi connectivity index (χ1) is 17.6. The lowest BCUT2D eigenvalue weighted by Gasteiger charge is -2.22. The predicted octanol–water partition coefficient (Wildman–Crippen LogP) is 4.09. The summed E-state index contributed by atoms with van der Waals surface area (Å²) in [5, 5.41) is 5.69. The fourth-order valence-corrected chi connectivity index (χ4v) is 4.90. The Hall–Kier alpha value is -4.20. The SMILES string of the molecule is O=C1Nc2cc(/C=C/CNC(=O)c3cccn(CC4CCCCC4)c3=O)ccc2/C1=C\c1cnc[nH]1. The maximum absolute atomic E-state index is 12.8. The molecule has 3 aromatic rings. The van der Waals surface area contributed by atoms with Gasteiger partial charge in [-0.15, -0.1) is 0 Å². The number of carbonyl (C=O) groups is 2. The quantitative estimate of drug-likeness (QED) is 0.440. The van der Waals surface area contributed by atoms with Crippen molar-refractivity contribution in [3.63, 3.8) is 0 Å². The van der Waals surface area contributed by atoms with Crippen molar-refractivity contribution in [2.75, 3.05) is 11.9 Å². The third-order valence-corrected chi connectivity index (χ3v) is 6.78. The molecular formula is C28H29N5O3. The van der Waals surface area contributed by atoms with Crippen LogP contribution in [0, 0.1) is 5.92 Å². The predicted molar refractivity (Wildman–Crippen MR) is 140 cm³/mol. The molecule has 2 aliphatic rings. The molecule has 1 fully saturated rings. The summed E-state index contributed by atoms with van der Waals surface area (Å²) in [5.41, 5.74) is 3.71. The first kappa shape index (κ1) is 23.5. The summed E-state index contributed by atoms with van der Waals surface area (Å²) >= 11 is 0. The average molecular weight is 484 g/mol. The van der Waals surface area contributed by atoms with E-state index in [0.29, 0.717) is 18.0 Å². The minimum absolute atomic E-state index is 0.162. The Balaban J connectivity index is 1.20. The lowest BCUT2D eigenvalue weighted by molar-refractivity contribution is -0.110. The van der Waals surface area contributed by atoms with Gasteiger partial charge in [-0.3, -0.25) is 14.4 Å². The van der Waals surface area contributed by atoms with Crippen LogP contribution in [0.15, 0.2) is 59.9 Å². The standard InChI is InChI=1S/C28H29N5O3/c34-26(23-9-5-13-33(28(23)36)17-20-6-2-1-3-7-20)30-12-4-8-19-10-11-22-24(15-21-16-29-18-31-21)27(35)32-25(22)14-19/h4-5,8-11,13-16,18,20H,1-3,6-7,12,17H2,(H,29,31)(H,30,34)(H,32,35)/b8-4+,24-15+. The number of amides is 2. The fourth-order valence-electron chi connectivity index (χ4n) is 4.90. The molecule has 0 saturated heterocycles. The van der Waals surface area contributed by atoms with Gasteiger partial charge in [-0.2, -0.15) is 0 Å². The number of pyridine rings is 1. The molecule has 8 heteroatoms. The Morgan fingerprint density at radius 3 is 2.83 bits per heavy atom. The number of aromatic amines is 1. The van der Waals surface area contributed by atoms with Crippen LogP contribution in [0.1, 0.15) is 59.3 Å². The van der Waals surface area contributed by atoms with E-state index in [9.17, 15) is 14.4 Å². The lowest BCUT2D eigenvalue weighted by Crippen LogP contribution is -2.34. The molecule has 1 aliphatic heterocycles. The molecule has 0 bridgehead atoms. The monoisotopic (exact) mass is 483 g/mol. The number of H-pyrrole nitrogens is 1. The summed E-state index contributed by atoms with van der Waals surface area (Å²) < 4.78 is 1.68. The first-order valence-corrected chi connectivity index (χ1v) is 12.4. The van der Waals surface area contributed by atoms with Gasteiger partial charge in [0.1, 0.15) is 5.56 Å². The van der Waals surface area contributed by atoms with E-state index in [-0.39, 0.29) is 29.5 Å².